The largest absolute Gasteiger partial charge is 0.361 e. The Balaban J connectivity index is 1.46. The Morgan fingerprint density at radius 2 is 1.45 bits per heavy atom. The Morgan fingerprint density at radius 3 is 2.10 bits per heavy atom. The Labute approximate surface area is 172 Å². The molecule has 0 radical (unpaired) electrons. The highest BCUT2D eigenvalue weighted by molar-refractivity contribution is 5.83. The molecule has 4 rings (SSSR count). The summed E-state index contributed by atoms with van der Waals surface area (Å²) in [4.78, 5) is 18.2. The number of nitrogens with zero attached hydrogens (tertiary/aromatic N) is 1. The average Bonchev–Trinajstić information content (AvgIpc) is 3.18. The van der Waals surface area contributed by atoms with E-state index in [1.165, 1.54) is 10.9 Å². The van der Waals surface area contributed by atoms with E-state index in [2.05, 4.69) is 53.6 Å². The van der Waals surface area contributed by atoms with Crippen LogP contribution < -0.4 is 0 Å². The van der Waals surface area contributed by atoms with Gasteiger partial charge in [-0.15, -0.1) is 0 Å². The molecule has 0 fully saturated rings. The van der Waals surface area contributed by atoms with Crippen LogP contribution in [0.4, 0.5) is 0 Å². The van der Waals surface area contributed by atoms with Gasteiger partial charge in [0.05, 0.1) is 6.04 Å². The molecule has 1 aromatic heterocycles. The van der Waals surface area contributed by atoms with Gasteiger partial charge in [0.2, 0.25) is 5.91 Å². The predicted molar refractivity (Wildman–Crippen MR) is 119 cm³/mol. The van der Waals surface area contributed by atoms with Gasteiger partial charge in [-0.05, 0) is 35.6 Å². The quantitative estimate of drug-likeness (QED) is 0.435. The van der Waals surface area contributed by atoms with E-state index >= 15 is 0 Å². The van der Waals surface area contributed by atoms with Crippen molar-refractivity contribution >= 4 is 16.8 Å². The Hall–Kier alpha value is -3.33. The average molecular weight is 383 g/mol. The number of nitrogens with one attached hydrogen (secondary N) is 1. The number of para-hydroxylation sites is 1. The van der Waals surface area contributed by atoms with Crippen molar-refractivity contribution in [2.75, 3.05) is 7.05 Å². The molecule has 4 aromatic rings. The minimum atomic E-state index is -0.0713. The molecule has 1 amide bonds. The van der Waals surface area contributed by atoms with Crippen LogP contribution in [-0.2, 0) is 11.2 Å². The highest BCUT2D eigenvalue weighted by Crippen LogP contribution is 2.28. The number of rotatable bonds is 7. The fourth-order valence-electron chi connectivity index (χ4n) is 4.00. The van der Waals surface area contributed by atoms with Gasteiger partial charge in [0, 0.05) is 30.6 Å². The first-order valence-electron chi connectivity index (χ1n) is 10.1. The van der Waals surface area contributed by atoms with E-state index in [9.17, 15) is 4.79 Å². The zero-order chi connectivity index (χ0) is 20.1. The molecule has 0 spiro atoms. The molecule has 29 heavy (non-hydrogen) atoms. The van der Waals surface area contributed by atoms with Gasteiger partial charge in [-0.25, -0.2) is 0 Å². The standard InChI is InChI=1S/C26H26N2O/c1-28(26(20-11-4-2-5-12-20)21-13-6-3-7-14-21)25(29)18-10-15-22-19-27-24-17-9-8-16-23(22)24/h2-9,11-14,16-17,19,26-27H,10,15,18H2,1H3. The van der Waals surface area contributed by atoms with Crippen LogP contribution in [0, 0.1) is 0 Å². The van der Waals surface area contributed by atoms with Gasteiger partial charge in [0.25, 0.3) is 0 Å². The summed E-state index contributed by atoms with van der Waals surface area (Å²) in [5.74, 6) is 0.169. The van der Waals surface area contributed by atoms with Crippen molar-refractivity contribution in [1.82, 2.24) is 9.88 Å². The van der Waals surface area contributed by atoms with Crippen molar-refractivity contribution in [3.8, 4) is 0 Å². The maximum absolute atomic E-state index is 13.0. The van der Waals surface area contributed by atoms with E-state index in [-0.39, 0.29) is 11.9 Å². The van der Waals surface area contributed by atoms with Gasteiger partial charge in [-0.1, -0.05) is 78.9 Å². The van der Waals surface area contributed by atoms with Crippen molar-refractivity contribution in [1.29, 1.82) is 0 Å². The molecule has 3 nitrogen and oxygen atoms in total. The van der Waals surface area contributed by atoms with E-state index in [1.54, 1.807) is 0 Å². The maximum atomic E-state index is 13.0. The second-order valence-corrected chi connectivity index (χ2v) is 7.44. The van der Waals surface area contributed by atoms with E-state index in [0.29, 0.717) is 6.42 Å². The number of H-pyrrole nitrogens is 1. The Bertz CT molecular complexity index is 1030. The number of carbonyl (C=O) groups is 1. The summed E-state index contributed by atoms with van der Waals surface area (Å²) in [7, 11) is 1.92. The van der Waals surface area contributed by atoms with Crippen LogP contribution in [0.2, 0.25) is 0 Å². The molecule has 3 aromatic carbocycles. The first-order chi connectivity index (χ1) is 14.2. The number of aromatic amines is 1. The third kappa shape index (κ3) is 4.24. The van der Waals surface area contributed by atoms with Gasteiger partial charge in [0.1, 0.15) is 0 Å². The molecule has 3 heteroatoms. The van der Waals surface area contributed by atoms with Gasteiger partial charge in [-0.3, -0.25) is 4.79 Å². The molecule has 146 valence electrons. The molecule has 0 atom stereocenters. The molecule has 0 unspecified atom stereocenters. The lowest BCUT2D eigenvalue weighted by Gasteiger charge is -2.29. The molecule has 0 saturated heterocycles. The lowest BCUT2D eigenvalue weighted by molar-refractivity contribution is -0.131. The van der Waals surface area contributed by atoms with Crippen LogP contribution in [0.1, 0.15) is 35.6 Å². The SMILES string of the molecule is CN(C(=O)CCCc1c[nH]c2ccccc12)C(c1ccccc1)c1ccccc1. The smallest absolute Gasteiger partial charge is 0.223 e. The summed E-state index contributed by atoms with van der Waals surface area (Å²) in [6.45, 7) is 0. The highest BCUT2D eigenvalue weighted by Gasteiger charge is 2.23. The minimum absolute atomic E-state index is 0.0713. The number of hydrogen-bond acceptors (Lipinski definition) is 1. The monoisotopic (exact) mass is 382 g/mol. The van der Waals surface area contributed by atoms with Crippen LogP contribution >= 0.6 is 0 Å². The van der Waals surface area contributed by atoms with E-state index in [0.717, 1.165) is 29.5 Å². The lowest BCUT2D eigenvalue weighted by atomic mass is 9.97. The van der Waals surface area contributed by atoms with E-state index in [1.807, 2.05) is 54.4 Å². The van der Waals surface area contributed by atoms with Gasteiger partial charge < -0.3 is 9.88 Å². The number of aromatic nitrogens is 1. The topological polar surface area (TPSA) is 36.1 Å². The number of aryl methyl sites for hydroxylation is 1. The summed E-state index contributed by atoms with van der Waals surface area (Å²) in [6, 6.07) is 28.7. The van der Waals surface area contributed by atoms with Crippen LogP contribution in [-0.4, -0.2) is 22.8 Å². The van der Waals surface area contributed by atoms with Crippen molar-refractivity contribution in [3.05, 3.63) is 108 Å². The molecule has 0 aliphatic heterocycles. The van der Waals surface area contributed by atoms with Gasteiger partial charge in [0.15, 0.2) is 0 Å². The molecule has 0 saturated carbocycles. The molecule has 0 bridgehead atoms. The summed E-state index contributed by atoms with van der Waals surface area (Å²) in [5.41, 5.74) is 4.69. The molecule has 1 heterocycles. The number of hydrogen-bond donors (Lipinski definition) is 1. The second kappa shape index (κ2) is 8.78. The molecular formula is C26H26N2O. The lowest BCUT2D eigenvalue weighted by Crippen LogP contribution is -2.31. The fourth-order valence-corrected chi connectivity index (χ4v) is 4.00. The zero-order valence-corrected chi connectivity index (χ0v) is 16.7. The van der Waals surface area contributed by atoms with Crippen molar-refractivity contribution in [2.45, 2.75) is 25.3 Å². The third-order valence-electron chi connectivity index (χ3n) is 5.52. The van der Waals surface area contributed by atoms with E-state index < -0.39 is 0 Å². The van der Waals surface area contributed by atoms with Crippen LogP contribution in [0.25, 0.3) is 10.9 Å². The molecule has 0 aliphatic rings. The Morgan fingerprint density at radius 1 is 0.862 bits per heavy atom. The number of amides is 1. The van der Waals surface area contributed by atoms with E-state index in [4.69, 9.17) is 0 Å². The summed E-state index contributed by atoms with van der Waals surface area (Å²) >= 11 is 0. The summed E-state index contributed by atoms with van der Waals surface area (Å²) < 4.78 is 0. The van der Waals surface area contributed by atoms with Gasteiger partial charge >= 0.3 is 0 Å². The van der Waals surface area contributed by atoms with Gasteiger partial charge in [-0.2, -0.15) is 0 Å². The van der Waals surface area contributed by atoms with Crippen molar-refractivity contribution < 1.29 is 4.79 Å². The molecular weight excluding hydrogens is 356 g/mol. The summed E-state index contributed by atoms with van der Waals surface area (Å²) in [6.07, 6.45) is 4.33. The van der Waals surface area contributed by atoms with Crippen molar-refractivity contribution in [2.24, 2.45) is 0 Å². The first kappa shape index (κ1) is 19.0. The number of fused-ring (bicyclic) bond motifs is 1. The van der Waals surface area contributed by atoms with Crippen LogP contribution in [0.15, 0.2) is 91.1 Å². The minimum Gasteiger partial charge on any atom is -0.361 e. The Kier molecular flexibility index (Phi) is 5.76. The predicted octanol–water partition coefficient (Wildman–Crippen LogP) is 5.74. The third-order valence-corrected chi connectivity index (χ3v) is 5.52. The second-order valence-electron chi connectivity index (χ2n) is 7.44. The normalized spacial score (nSPS) is 11.1. The molecule has 0 aliphatic carbocycles. The van der Waals surface area contributed by atoms with Crippen LogP contribution in [0.5, 0.6) is 0 Å². The number of carbonyl (C=O) groups excluding carboxylic acids is 1. The fraction of sp³-hybridized carbons (Fsp3) is 0.192. The number of benzene rings is 3. The first-order valence-corrected chi connectivity index (χ1v) is 10.1. The highest BCUT2D eigenvalue weighted by atomic mass is 16.2. The maximum Gasteiger partial charge on any atom is 0.223 e. The summed E-state index contributed by atoms with van der Waals surface area (Å²) in [5, 5.41) is 1.25. The van der Waals surface area contributed by atoms with Crippen LogP contribution in [0.3, 0.4) is 0 Å². The molecule has 1 N–H and O–H groups in total. The van der Waals surface area contributed by atoms with Crippen molar-refractivity contribution in [3.63, 3.8) is 0 Å². The zero-order valence-electron chi connectivity index (χ0n) is 16.7.